The van der Waals surface area contributed by atoms with Crippen molar-refractivity contribution in [3.8, 4) is 0 Å². The fraction of sp³-hybridized carbons (Fsp3) is 0.941. The monoisotopic (exact) mass is 374 g/mol. The molecule has 8 heteroatoms. The number of amides is 1. The van der Waals surface area contributed by atoms with E-state index in [1.807, 2.05) is 0 Å². The Balaban J connectivity index is 1.47. The minimum Gasteiger partial charge on any atom is -0.375 e. The van der Waals surface area contributed by atoms with E-state index in [9.17, 15) is 13.2 Å². The Bertz CT molecular complexity index is 580. The first-order valence-electron chi connectivity index (χ1n) is 9.26. The van der Waals surface area contributed by atoms with Crippen LogP contribution in [0.5, 0.6) is 0 Å². The number of ether oxygens (including phenoxy) is 2. The zero-order valence-corrected chi connectivity index (χ0v) is 16.1. The third-order valence-electron chi connectivity index (χ3n) is 5.81. The molecule has 3 fully saturated rings. The second kappa shape index (κ2) is 7.50. The molecule has 3 aliphatic rings. The first-order valence-corrected chi connectivity index (χ1v) is 10.8. The largest absolute Gasteiger partial charge is 0.375 e. The van der Waals surface area contributed by atoms with Crippen LogP contribution in [-0.2, 0) is 24.3 Å². The van der Waals surface area contributed by atoms with Gasteiger partial charge in [-0.05, 0) is 44.4 Å². The maximum Gasteiger partial charge on any atom is 0.248 e. The van der Waals surface area contributed by atoms with Crippen LogP contribution in [0.1, 0.15) is 38.5 Å². The number of piperidine rings is 1. The summed E-state index contributed by atoms with van der Waals surface area (Å²) in [6.07, 6.45) is 5.00. The lowest BCUT2D eigenvalue weighted by Crippen LogP contribution is -2.50. The molecular weight excluding hydrogens is 344 g/mol. The second-order valence-corrected chi connectivity index (χ2v) is 9.88. The molecule has 0 unspecified atom stereocenters. The first-order chi connectivity index (χ1) is 11.8. The first kappa shape index (κ1) is 19.1. The molecule has 0 aromatic heterocycles. The summed E-state index contributed by atoms with van der Waals surface area (Å²) in [6, 6.07) is 0. The number of rotatable bonds is 7. The Labute approximate surface area is 150 Å². The van der Waals surface area contributed by atoms with E-state index >= 15 is 0 Å². The molecule has 144 valence electrons. The standard InChI is InChI=1S/C17H30N2O5S/c1-18(2)16(20)13-23-11-5-14-6-12-24-17(14)7-9-19(10-8-17)25(21,22)15-3-4-15/h14-15H,3-13H2,1-2H3/t14-/m0/s1. The van der Waals surface area contributed by atoms with Crippen molar-refractivity contribution >= 4 is 15.9 Å². The molecule has 0 aromatic rings. The third kappa shape index (κ3) is 4.18. The van der Waals surface area contributed by atoms with Gasteiger partial charge in [0.2, 0.25) is 15.9 Å². The molecule has 3 rings (SSSR count). The predicted molar refractivity (Wildman–Crippen MR) is 93.7 cm³/mol. The van der Waals surface area contributed by atoms with Crippen LogP contribution >= 0.6 is 0 Å². The molecule has 0 radical (unpaired) electrons. The Kier molecular flexibility index (Phi) is 5.72. The van der Waals surface area contributed by atoms with Crippen molar-refractivity contribution in [3.05, 3.63) is 0 Å². The maximum absolute atomic E-state index is 12.4. The Morgan fingerprint density at radius 1 is 1.24 bits per heavy atom. The van der Waals surface area contributed by atoms with Crippen molar-refractivity contribution < 1.29 is 22.7 Å². The Morgan fingerprint density at radius 3 is 2.52 bits per heavy atom. The molecule has 2 heterocycles. The highest BCUT2D eigenvalue weighted by Gasteiger charge is 2.49. The van der Waals surface area contributed by atoms with Crippen molar-refractivity contribution in [2.45, 2.75) is 49.4 Å². The van der Waals surface area contributed by atoms with Crippen LogP contribution in [0, 0.1) is 5.92 Å². The molecule has 7 nitrogen and oxygen atoms in total. The van der Waals surface area contributed by atoms with Crippen LogP contribution in [0.4, 0.5) is 0 Å². The van der Waals surface area contributed by atoms with Gasteiger partial charge in [-0.3, -0.25) is 4.79 Å². The van der Waals surface area contributed by atoms with E-state index in [1.165, 1.54) is 4.90 Å². The summed E-state index contributed by atoms with van der Waals surface area (Å²) in [5, 5.41) is -0.135. The van der Waals surface area contributed by atoms with E-state index in [2.05, 4.69) is 0 Å². The van der Waals surface area contributed by atoms with E-state index in [0.29, 0.717) is 25.6 Å². The van der Waals surface area contributed by atoms with Crippen LogP contribution in [-0.4, -0.2) is 81.4 Å². The lowest BCUT2D eigenvalue weighted by atomic mass is 9.78. The van der Waals surface area contributed by atoms with Gasteiger partial charge < -0.3 is 14.4 Å². The number of hydrogen-bond donors (Lipinski definition) is 0. The lowest BCUT2D eigenvalue weighted by Gasteiger charge is -2.41. The highest BCUT2D eigenvalue weighted by Crippen LogP contribution is 2.43. The minimum atomic E-state index is -3.08. The van der Waals surface area contributed by atoms with Gasteiger partial charge in [0, 0.05) is 40.4 Å². The summed E-state index contributed by atoms with van der Waals surface area (Å²) in [7, 11) is 0.354. The highest BCUT2D eigenvalue weighted by molar-refractivity contribution is 7.90. The van der Waals surface area contributed by atoms with Crippen LogP contribution < -0.4 is 0 Å². The SMILES string of the molecule is CN(C)C(=O)COCC[C@H]1CCOC12CCN(S(=O)(=O)C1CC1)CC2. The van der Waals surface area contributed by atoms with E-state index in [0.717, 1.165) is 45.1 Å². The van der Waals surface area contributed by atoms with Gasteiger partial charge >= 0.3 is 0 Å². The topological polar surface area (TPSA) is 76.2 Å². The molecule has 2 saturated heterocycles. The number of likely N-dealkylation sites (N-methyl/N-ethyl adjacent to an activating group) is 1. The summed E-state index contributed by atoms with van der Waals surface area (Å²) in [4.78, 5) is 13.1. The number of carbonyl (C=O) groups excluding carboxylic acids is 1. The molecule has 2 aliphatic heterocycles. The number of carbonyl (C=O) groups is 1. The maximum atomic E-state index is 12.4. The van der Waals surface area contributed by atoms with Crippen molar-refractivity contribution in [3.63, 3.8) is 0 Å². The van der Waals surface area contributed by atoms with Crippen molar-refractivity contribution in [2.24, 2.45) is 5.92 Å². The molecule has 1 saturated carbocycles. The molecule has 0 N–H and O–H groups in total. The molecular formula is C17H30N2O5S. The normalized spacial score (nSPS) is 26.9. The van der Waals surface area contributed by atoms with E-state index in [4.69, 9.17) is 9.47 Å². The molecule has 1 atom stereocenters. The van der Waals surface area contributed by atoms with Gasteiger partial charge in [-0.15, -0.1) is 0 Å². The van der Waals surface area contributed by atoms with Gasteiger partial charge in [-0.2, -0.15) is 0 Å². The zero-order valence-electron chi connectivity index (χ0n) is 15.3. The smallest absolute Gasteiger partial charge is 0.248 e. The Morgan fingerprint density at radius 2 is 1.92 bits per heavy atom. The van der Waals surface area contributed by atoms with Gasteiger partial charge in [0.05, 0.1) is 10.9 Å². The van der Waals surface area contributed by atoms with Crippen LogP contribution in [0.25, 0.3) is 0 Å². The fourth-order valence-corrected chi connectivity index (χ4v) is 5.80. The summed E-state index contributed by atoms with van der Waals surface area (Å²) >= 11 is 0. The molecule has 0 bridgehead atoms. The molecule has 1 spiro atoms. The number of hydrogen-bond acceptors (Lipinski definition) is 5. The average molecular weight is 375 g/mol. The number of sulfonamides is 1. The molecule has 1 amide bonds. The van der Waals surface area contributed by atoms with E-state index in [1.54, 1.807) is 18.4 Å². The van der Waals surface area contributed by atoms with Gasteiger partial charge in [0.15, 0.2) is 0 Å². The Hall–Kier alpha value is -0.700. The van der Waals surface area contributed by atoms with Crippen molar-refractivity contribution in [1.82, 2.24) is 9.21 Å². The molecule has 25 heavy (non-hydrogen) atoms. The molecule has 1 aliphatic carbocycles. The van der Waals surface area contributed by atoms with Crippen LogP contribution in [0.2, 0.25) is 0 Å². The van der Waals surface area contributed by atoms with Gasteiger partial charge in [0.1, 0.15) is 6.61 Å². The summed E-state index contributed by atoms with van der Waals surface area (Å²) < 4.78 is 38.1. The van der Waals surface area contributed by atoms with Crippen LogP contribution in [0.15, 0.2) is 0 Å². The van der Waals surface area contributed by atoms with Gasteiger partial charge in [-0.25, -0.2) is 12.7 Å². The summed E-state index contributed by atoms with van der Waals surface area (Å²) in [5.74, 6) is 0.351. The van der Waals surface area contributed by atoms with Crippen LogP contribution in [0.3, 0.4) is 0 Å². The van der Waals surface area contributed by atoms with E-state index < -0.39 is 10.0 Å². The second-order valence-electron chi connectivity index (χ2n) is 7.67. The highest BCUT2D eigenvalue weighted by atomic mass is 32.2. The van der Waals surface area contributed by atoms with Gasteiger partial charge in [0.25, 0.3) is 0 Å². The van der Waals surface area contributed by atoms with Crippen molar-refractivity contribution in [2.75, 3.05) is 47.0 Å². The quantitative estimate of drug-likeness (QED) is 0.618. The average Bonchev–Trinajstić information content (AvgIpc) is 3.37. The lowest BCUT2D eigenvalue weighted by molar-refractivity contribution is -0.133. The minimum absolute atomic E-state index is 0.0315. The van der Waals surface area contributed by atoms with Gasteiger partial charge in [-0.1, -0.05) is 0 Å². The molecule has 0 aromatic carbocycles. The number of nitrogens with zero attached hydrogens (tertiary/aromatic N) is 2. The predicted octanol–water partition coefficient (Wildman–Crippen LogP) is 0.845. The van der Waals surface area contributed by atoms with Crippen molar-refractivity contribution in [1.29, 1.82) is 0 Å². The fourth-order valence-electron chi connectivity index (χ4n) is 3.96. The summed E-state index contributed by atoms with van der Waals surface area (Å²) in [6.45, 7) is 2.52. The van der Waals surface area contributed by atoms with E-state index in [-0.39, 0.29) is 23.4 Å². The third-order valence-corrected chi connectivity index (χ3v) is 8.21. The summed E-state index contributed by atoms with van der Waals surface area (Å²) in [5.41, 5.74) is -0.204. The zero-order chi connectivity index (χ0) is 18.1.